The van der Waals surface area contributed by atoms with E-state index in [9.17, 15) is 18.0 Å². The number of carbonyl (C=O) groups excluding carboxylic acids is 2. The lowest BCUT2D eigenvalue weighted by Gasteiger charge is -2.60. The second-order valence-electron chi connectivity index (χ2n) is 12.8. The van der Waals surface area contributed by atoms with Gasteiger partial charge in [0.25, 0.3) is 0 Å². The zero-order chi connectivity index (χ0) is 27.0. The number of rotatable bonds is 7. The van der Waals surface area contributed by atoms with Gasteiger partial charge in [-0.25, -0.2) is 0 Å². The zero-order valence-corrected chi connectivity index (χ0v) is 24.0. The predicted molar refractivity (Wildman–Crippen MR) is 147 cm³/mol. The van der Waals surface area contributed by atoms with Crippen LogP contribution in [0.15, 0.2) is 12.1 Å². The Bertz CT molecular complexity index is 1230. The first-order valence-corrected chi connectivity index (χ1v) is 15.9. The first-order chi connectivity index (χ1) is 17.9. The molecule has 1 saturated heterocycles. The van der Waals surface area contributed by atoms with Crippen molar-refractivity contribution in [2.24, 2.45) is 34.8 Å². The van der Waals surface area contributed by atoms with Crippen LogP contribution in [0.1, 0.15) is 69.8 Å². The van der Waals surface area contributed by atoms with Gasteiger partial charge in [0.15, 0.2) is 0 Å². The van der Waals surface area contributed by atoms with E-state index < -0.39 is 10.2 Å². The summed E-state index contributed by atoms with van der Waals surface area (Å²) < 4.78 is 30.0. The van der Waals surface area contributed by atoms with Gasteiger partial charge in [-0.15, -0.1) is 0 Å². The minimum Gasteiger partial charge on any atom is -0.370 e. The molecule has 3 atom stereocenters. The van der Waals surface area contributed by atoms with E-state index in [4.69, 9.17) is 28.9 Å². The molecule has 11 heteroatoms. The lowest BCUT2D eigenvalue weighted by molar-refractivity contribution is -0.134. The summed E-state index contributed by atoms with van der Waals surface area (Å²) in [5, 5.41) is 3.84. The molecule has 2 amide bonds. The molecule has 6 fully saturated rings. The maximum atomic E-state index is 13.7. The van der Waals surface area contributed by atoms with Crippen LogP contribution in [0.25, 0.3) is 0 Å². The normalized spacial score (nSPS) is 35.9. The van der Waals surface area contributed by atoms with Crippen molar-refractivity contribution in [1.82, 2.24) is 9.62 Å². The minimum atomic E-state index is -4.01. The lowest BCUT2D eigenvalue weighted by atomic mass is 9.47. The number of hydrogen-bond donors (Lipinski definition) is 2. The number of primary amides is 1. The van der Waals surface area contributed by atoms with Gasteiger partial charge >= 0.3 is 10.2 Å². The van der Waals surface area contributed by atoms with Gasteiger partial charge in [-0.1, -0.05) is 30.1 Å². The zero-order valence-electron chi connectivity index (χ0n) is 21.7. The number of nitrogens with zero attached hydrogens (tertiary/aromatic N) is 2. The molecular formula is C27H36Cl2N4O4S. The van der Waals surface area contributed by atoms with E-state index in [2.05, 4.69) is 5.32 Å². The standard InChI is InChI=1S/C27H36Cl2N4O4S/c1-15-12-32(38(36,37)33(13-15)26-21(28)6-18(7-22(26)29)17-2-3-17)14-24(35)31-25-19-4-16-5-20(25)10-27(8-16,9-19)11-23(30)34/h6-7,15-17,19-20,25H,2-5,8-14H2,1H3,(H2,30,34)(H,31,35). The van der Waals surface area contributed by atoms with Crippen molar-refractivity contribution in [2.75, 3.05) is 23.9 Å². The number of nitrogens with one attached hydrogen (secondary N) is 1. The van der Waals surface area contributed by atoms with Gasteiger partial charge in [0.1, 0.15) is 0 Å². The summed E-state index contributed by atoms with van der Waals surface area (Å²) in [5.74, 6) is 1.08. The Kier molecular flexibility index (Phi) is 6.69. The average molecular weight is 584 g/mol. The first kappa shape index (κ1) is 26.7. The minimum absolute atomic E-state index is 0.0138. The van der Waals surface area contributed by atoms with E-state index in [0.717, 1.165) is 50.5 Å². The largest absolute Gasteiger partial charge is 0.370 e. The van der Waals surface area contributed by atoms with Crippen LogP contribution in [0, 0.1) is 29.1 Å². The molecule has 208 valence electrons. The summed E-state index contributed by atoms with van der Waals surface area (Å²) >= 11 is 13.2. The summed E-state index contributed by atoms with van der Waals surface area (Å²) in [4.78, 5) is 25.0. The van der Waals surface area contributed by atoms with Crippen molar-refractivity contribution in [3.05, 3.63) is 27.7 Å². The summed E-state index contributed by atoms with van der Waals surface area (Å²) in [6.07, 6.45) is 7.53. The summed E-state index contributed by atoms with van der Waals surface area (Å²) in [5.41, 5.74) is 6.87. The maximum Gasteiger partial charge on any atom is 0.304 e. The van der Waals surface area contributed by atoms with Crippen LogP contribution >= 0.6 is 23.2 Å². The van der Waals surface area contributed by atoms with Gasteiger partial charge in [-0.3, -0.25) is 13.9 Å². The number of amides is 2. The van der Waals surface area contributed by atoms with Crippen LogP contribution in [0.2, 0.25) is 10.0 Å². The lowest BCUT2D eigenvalue weighted by Crippen LogP contribution is -2.61. The summed E-state index contributed by atoms with van der Waals surface area (Å²) in [6.45, 7) is 2.22. The summed E-state index contributed by atoms with van der Waals surface area (Å²) in [6, 6.07) is 3.66. The van der Waals surface area contributed by atoms with E-state index in [0.29, 0.717) is 40.1 Å². The second-order valence-corrected chi connectivity index (χ2v) is 15.4. The average Bonchev–Trinajstić information content (AvgIpc) is 3.63. The van der Waals surface area contributed by atoms with Crippen molar-refractivity contribution in [1.29, 1.82) is 0 Å². The molecule has 1 heterocycles. The first-order valence-electron chi connectivity index (χ1n) is 13.8. The van der Waals surface area contributed by atoms with E-state index in [1.54, 1.807) is 0 Å². The highest BCUT2D eigenvalue weighted by Crippen LogP contribution is 2.61. The molecule has 3 N–H and O–H groups in total. The van der Waals surface area contributed by atoms with Crippen LogP contribution in [0.5, 0.6) is 0 Å². The van der Waals surface area contributed by atoms with Gasteiger partial charge in [0.05, 0.1) is 22.3 Å². The molecule has 0 aromatic heterocycles. The molecule has 7 rings (SSSR count). The molecule has 38 heavy (non-hydrogen) atoms. The van der Waals surface area contributed by atoms with E-state index in [1.807, 2.05) is 19.1 Å². The number of hydrogen-bond acceptors (Lipinski definition) is 4. The smallest absolute Gasteiger partial charge is 0.304 e. The van der Waals surface area contributed by atoms with Gasteiger partial charge in [0.2, 0.25) is 11.8 Å². The maximum absolute atomic E-state index is 13.7. The summed E-state index contributed by atoms with van der Waals surface area (Å²) in [7, 11) is -4.01. The van der Waals surface area contributed by atoms with Crippen LogP contribution in [-0.4, -0.2) is 50.2 Å². The molecule has 1 aromatic carbocycles. The fourth-order valence-corrected chi connectivity index (χ4v) is 10.9. The van der Waals surface area contributed by atoms with Crippen molar-refractivity contribution >= 4 is 50.9 Å². The topological polar surface area (TPSA) is 113 Å². The molecule has 5 saturated carbocycles. The number of nitrogens with two attached hydrogens (primary N) is 1. The molecule has 4 bridgehead atoms. The molecule has 0 radical (unpaired) electrons. The van der Waals surface area contributed by atoms with Gasteiger partial charge in [0, 0.05) is 25.6 Å². The highest BCUT2D eigenvalue weighted by molar-refractivity contribution is 7.90. The van der Waals surface area contributed by atoms with Crippen LogP contribution in [0.4, 0.5) is 5.69 Å². The Morgan fingerprint density at radius 1 is 1.08 bits per heavy atom. The fraction of sp³-hybridized carbons (Fsp3) is 0.704. The number of carbonyl (C=O) groups is 2. The van der Waals surface area contributed by atoms with Gasteiger partial charge in [-0.05, 0) is 97.6 Å². The number of halogens is 2. The van der Waals surface area contributed by atoms with Crippen molar-refractivity contribution in [3.8, 4) is 0 Å². The van der Waals surface area contributed by atoms with E-state index in [1.165, 1.54) is 8.61 Å². The van der Waals surface area contributed by atoms with Crippen molar-refractivity contribution < 1.29 is 18.0 Å². The van der Waals surface area contributed by atoms with Crippen molar-refractivity contribution in [3.63, 3.8) is 0 Å². The molecule has 0 spiro atoms. The quantitative estimate of drug-likeness (QED) is 0.504. The third-order valence-corrected chi connectivity index (χ3v) is 11.9. The monoisotopic (exact) mass is 582 g/mol. The molecule has 8 nitrogen and oxygen atoms in total. The molecule has 3 unspecified atom stereocenters. The fourth-order valence-electron chi connectivity index (χ4n) is 8.25. The SMILES string of the molecule is CC1CN(CC(=O)NC2C3CC4CC2CC(CC(N)=O)(C4)C3)S(=O)(=O)N(c2c(Cl)cc(C3CC3)cc2Cl)C1. The van der Waals surface area contributed by atoms with Gasteiger partial charge in [-0.2, -0.15) is 12.7 Å². The molecular weight excluding hydrogens is 547 g/mol. The molecule has 5 aliphatic carbocycles. The Morgan fingerprint density at radius 3 is 2.29 bits per heavy atom. The Balaban J connectivity index is 1.17. The van der Waals surface area contributed by atoms with Gasteiger partial charge < -0.3 is 11.1 Å². The Labute approximate surface area is 234 Å². The Morgan fingerprint density at radius 2 is 1.71 bits per heavy atom. The second kappa shape index (κ2) is 9.53. The predicted octanol–water partition coefficient (Wildman–Crippen LogP) is 4.06. The highest BCUT2D eigenvalue weighted by atomic mass is 35.5. The third kappa shape index (κ3) is 4.82. The molecule has 1 aromatic rings. The van der Waals surface area contributed by atoms with Crippen LogP contribution < -0.4 is 15.4 Å². The third-order valence-electron chi connectivity index (χ3n) is 9.53. The number of benzene rings is 1. The Hall–Kier alpha value is -1.55. The van der Waals surface area contributed by atoms with Crippen molar-refractivity contribution in [2.45, 2.75) is 70.3 Å². The highest BCUT2D eigenvalue weighted by Gasteiger charge is 2.56. The molecule has 1 aliphatic heterocycles. The number of anilines is 1. The van der Waals surface area contributed by atoms with Crippen LogP contribution in [0.3, 0.4) is 0 Å². The van der Waals surface area contributed by atoms with E-state index >= 15 is 0 Å². The van der Waals surface area contributed by atoms with Crippen LogP contribution in [-0.2, 0) is 19.8 Å². The molecule has 6 aliphatic rings. The van der Waals surface area contributed by atoms with E-state index in [-0.39, 0.29) is 54.5 Å².